The summed E-state index contributed by atoms with van der Waals surface area (Å²) in [6, 6.07) is 2.68. The Balaban J connectivity index is 2.29. The van der Waals surface area contributed by atoms with Gasteiger partial charge in [-0.05, 0) is 11.5 Å². The lowest BCUT2D eigenvalue weighted by atomic mass is 9.89. The zero-order valence-corrected chi connectivity index (χ0v) is 12.0. The molecular formula is C15H15FN4O. The second-order valence-electron chi connectivity index (χ2n) is 5.97. The highest BCUT2D eigenvalue weighted by Gasteiger charge is 2.21. The van der Waals surface area contributed by atoms with Crippen molar-refractivity contribution < 1.29 is 4.39 Å². The van der Waals surface area contributed by atoms with Crippen LogP contribution in [0.4, 0.5) is 4.39 Å². The first-order valence-electron chi connectivity index (χ1n) is 6.59. The van der Waals surface area contributed by atoms with E-state index in [4.69, 9.17) is 0 Å². The molecule has 0 saturated carbocycles. The van der Waals surface area contributed by atoms with Crippen molar-refractivity contribution in [1.29, 1.82) is 0 Å². The SMILES string of the molecule is CC(C)(C)c1c[nH]n2c(=O)cc(-c3cncc(F)c3)nc12. The first-order chi connectivity index (χ1) is 9.86. The van der Waals surface area contributed by atoms with Gasteiger partial charge in [0.2, 0.25) is 0 Å². The van der Waals surface area contributed by atoms with E-state index in [-0.39, 0.29) is 11.0 Å². The van der Waals surface area contributed by atoms with Crippen LogP contribution in [0.3, 0.4) is 0 Å². The summed E-state index contributed by atoms with van der Waals surface area (Å²) >= 11 is 0. The number of rotatable bonds is 1. The Morgan fingerprint density at radius 3 is 2.67 bits per heavy atom. The largest absolute Gasteiger partial charge is 0.297 e. The molecule has 3 aromatic heterocycles. The normalized spacial score (nSPS) is 12.0. The number of hydrogen-bond acceptors (Lipinski definition) is 3. The molecule has 0 bridgehead atoms. The molecule has 0 saturated heterocycles. The maximum atomic E-state index is 13.3. The molecule has 3 heterocycles. The fourth-order valence-electron chi connectivity index (χ4n) is 2.23. The van der Waals surface area contributed by atoms with E-state index in [1.165, 1.54) is 22.8 Å². The van der Waals surface area contributed by atoms with Crippen LogP contribution in [-0.4, -0.2) is 19.6 Å². The Labute approximate surface area is 120 Å². The lowest BCUT2D eigenvalue weighted by molar-refractivity contribution is 0.594. The van der Waals surface area contributed by atoms with Crippen LogP contribution < -0.4 is 5.56 Å². The van der Waals surface area contributed by atoms with Gasteiger partial charge in [-0.25, -0.2) is 13.9 Å². The standard InChI is InChI=1S/C15H15FN4O/c1-15(2,3)11-8-18-20-13(21)5-12(19-14(11)20)9-4-10(16)7-17-6-9/h4-8,18H,1-3H3. The molecule has 3 aromatic rings. The molecule has 6 heteroatoms. The van der Waals surface area contributed by atoms with E-state index in [0.29, 0.717) is 16.9 Å². The molecule has 0 aliphatic rings. The Bertz CT molecular complexity index is 873. The molecule has 0 aromatic carbocycles. The molecule has 0 radical (unpaired) electrons. The van der Waals surface area contributed by atoms with Crippen molar-refractivity contribution in [2.24, 2.45) is 0 Å². The smallest absolute Gasteiger partial charge is 0.273 e. The Morgan fingerprint density at radius 1 is 1.24 bits per heavy atom. The monoisotopic (exact) mass is 286 g/mol. The molecule has 0 amide bonds. The number of halogens is 1. The molecule has 0 atom stereocenters. The summed E-state index contributed by atoms with van der Waals surface area (Å²) in [6.45, 7) is 6.12. The number of fused-ring (bicyclic) bond motifs is 1. The number of aromatic amines is 1. The molecular weight excluding hydrogens is 271 g/mol. The van der Waals surface area contributed by atoms with Crippen LogP contribution in [0.15, 0.2) is 35.5 Å². The summed E-state index contributed by atoms with van der Waals surface area (Å²) < 4.78 is 14.7. The molecule has 3 rings (SSSR count). The van der Waals surface area contributed by atoms with Crippen LogP contribution >= 0.6 is 0 Å². The van der Waals surface area contributed by atoms with Crippen LogP contribution in [0.5, 0.6) is 0 Å². The third kappa shape index (κ3) is 2.33. The van der Waals surface area contributed by atoms with Crippen molar-refractivity contribution in [2.45, 2.75) is 26.2 Å². The Hall–Kier alpha value is -2.50. The summed E-state index contributed by atoms with van der Waals surface area (Å²) in [5.41, 5.74) is 1.96. The number of aromatic nitrogens is 4. The summed E-state index contributed by atoms with van der Waals surface area (Å²) in [5, 5.41) is 2.91. The van der Waals surface area contributed by atoms with Crippen molar-refractivity contribution in [3.63, 3.8) is 0 Å². The number of pyridine rings is 1. The van der Waals surface area contributed by atoms with Crippen molar-refractivity contribution in [1.82, 2.24) is 19.6 Å². The predicted octanol–water partition coefficient (Wildman–Crippen LogP) is 2.52. The van der Waals surface area contributed by atoms with Gasteiger partial charge in [0.25, 0.3) is 5.56 Å². The zero-order valence-electron chi connectivity index (χ0n) is 12.0. The van der Waals surface area contributed by atoms with Gasteiger partial charge in [-0.2, -0.15) is 0 Å². The first kappa shape index (κ1) is 13.5. The molecule has 21 heavy (non-hydrogen) atoms. The van der Waals surface area contributed by atoms with Gasteiger partial charge in [-0.15, -0.1) is 0 Å². The maximum Gasteiger partial charge on any atom is 0.273 e. The van der Waals surface area contributed by atoms with Crippen molar-refractivity contribution >= 4 is 5.65 Å². The highest BCUT2D eigenvalue weighted by atomic mass is 19.1. The molecule has 0 unspecified atom stereocenters. The van der Waals surface area contributed by atoms with Gasteiger partial charge in [0.05, 0.1) is 11.9 Å². The van der Waals surface area contributed by atoms with E-state index in [0.717, 1.165) is 11.8 Å². The molecule has 108 valence electrons. The van der Waals surface area contributed by atoms with Crippen LogP contribution in [0, 0.1) is 5.82 Å². The minimum absolute atomic E-state index is 0.163. The Kier molecular flexibility index (Phi) is 2.90. The first-order valence-corrected chi connectivity index (χ1v) is 6.59. The second kappa shape index (κ2) is 4.51. The van der Waals surface area contributed by atoms with Gasteiger partial charge < -0.3 is 0 Å². The summed E-state index contributed by atoms with van der Waals surface area (Å²) in [6.07, 6.45) is 4.38. The average Bonchev–Trinajstić information content (AvgIpc) is 2.83. The van der Waals surface area contributed by atoms with Gasteiger partial charge in [-0.1, -0.05) is 20.8 Å². The molecule has 0 spiro atoms. The predicted molar refractivity (Wildman–Crippen MR) is 77.7 cm³/mol. The molecule has 0 aliphatic heterocycles. The highest BCUT2D eigenvalue weighted by Crippen LogP contribution is 2.26. The third-order valence-corrected chi connectivity index (χ3v) is 3.31. The van der Waals surface area contributed by atoms with E-state index in [2.05, 4.69) is 15.1 Å². The number of H-pyrrole nitrogens is 1. The van der Waals surface area contributed by atoms with Gasteiger partial charge in [0, 0.05) is 29.6 Å². The lowest BCUT2D eigenvalue weighted by Gasteiger charge is -2.16. The van der Waals surface area contributed by atoms with Gasteiger partial charge in [0.15, 0.2) is 5.65 Å². The zero-order chi connectivity index (χ0) is 15.2. The second-order valence-corrected chi connectivity index (χ2v) is 5.97. The van der Waals surface area contributed by atoms with E-state index >= 15 is 0 Å². The molecule has 0 fully saturated rings. The lowest BCUT2D eigenvalue weighted by Crippen LogP contribution is -2.17. The van der Waals surface area contributed by atoms with E-state index in [1.807, 2.05) is 20.8 Å². The van der Waals surface area contributed by atoms with Crippen LogP contribution in [-0.2, 0) is 5.41 Å². The maximum absolute atomic E-state index is 13.3. The summed E-state index contributed by atoms with van der Waals surface area (Å²) in [5.74, 6) is -0.459. The third-order valence-electron chi connectivity index (χ3n) is 3.31. The van der Waals surface area contributed by atoms with Gasteiger partial charge in [0.1, 0.15) is 5.82 Å². The fraction of sp³-hybridized carbons (Fsp3) is 0.267. The van der Waals surface area contributed by atoms with Crippen LogP contribution in [0.2, 0.25) is 0 Å². The van der Waals surface area contributed by atoms with Crippen LogP contribution in [0.25, 0.3) is 16.9 Å². The quantitative estimate of drug-likeness (QED) is 0.747. The average molecular weight is 286 g/mol. The number of hydrogen-bond donors (Lipinski definition) is 1. The topological polar surface area (TPSA) is 63.0 Å². The van der Waals surface area contributed by atoms with Gasteiger partial charge in [-0.3, -0.25) is 14.9 Å². The molecule has 5 nitrogen and oxygen atoms in total. The number of nitrogens with zero attached hydrogens (tertiary/aromatic N) is 3. The highest BCUT2D eigenvalue weighted by molar-refractivity contribution is 5.62. The minimum atomic E-state index is -0.459. The molecule has 1 N–H and O–H groups in total. The molecule has 0 aliphatic carbocycles. The van der Waals surface area contributed by atoms with Crippen molar-refractivity contribution in [3.05, 3.63) is 52.5 Å². The van der Waals surface area contributed by atoms with E-state index < -0.39 is 5.82 Å². The summed E-state index contributed by atoms with van der Waals surface area (Å²) in [4.78, 5) is 20.5. The van der Waals surface area contributed by atoms with Crippen molar-refractivity contribution in [3.8, 4) is 11.3 Å². The van der Waals surface area contributed by atoms with Gasteiger partial charge >= 0.3 is 0 Å². The van der Waals surface area contributed by atoms with Crippen LogP contribution in [0.1, 0.15) is 26.3 Å². The Morgan fingerprint density at radius 2 is 2.00 bits per heavy atom. The van der Waals surface area contributed by atoms with E-state index in [1.54, 1.807) is 6.20 Å². The number of nitrogens with one attached hydrogen (secondary N) is 1. The van der Waals surface area contributed by atoms with Crippen molar-refractivity contribution in [2.75, 3.05) is 0 Å². The fourth-order valence-corrected chi connectivity index (χ4v) is 2.23. The summed E-state index contributed by atoms with van der Waals surface area (Å²) in [7, 11) is 0. The van der Waals surface area contributed by atoms with E-state index in [9.17, 15) is 9.18 Å². The minimum Gasteiger partial charge on any atom is -0.297 e.